The van der Waals surface area contributed by atoms with Gasteiger partial charge in [0.25, 0.3) is 5.91 Å². The van der Waals surface area contributed by atoms with Crippen LogP contribution in [0.5, 0.6) is 0 Å². The summed E-state index contributed by atoms with van der Waals surface area (Å²) in [6.07, 6.45) is 0. The number of benzene rings is 2. The summed E-state index contributed by atoms with van der Waals surface area (Å²) in [7, 11) is 0. The van der Waals surface area contributed by atoms with Gasteiger partial charge in [-0.25, -0.2) is 0 Å². The average Bonchev–Trinajstić information content (AvgIpc) is 3.18. The first-order chi connectivity index (χ1) is 11.6. The number of carbonyl (C=O) groups is 1. The predicted octanol–water partition coefficient (Wildman–Crippen LogP) is 4.36. The number of rotatable bonds is 3. The van der Waals surface area contributed by atoms with Gasteiger partial charge in [-0.15, -0.1) is 11.3 Å². The molecule has 3 aromatic rings. The van der Waals surface area contributed by atoms with Crippen molar-refractivity contribution in [3.05, 3.63) is 92.1 Å². The highest BCUT2D eigenvalue weighted by atomic mass is 79.9. The number of nitrogens with zero attached hydrogens (tertiary/aromatic N) is 1. The van der Waals surface area contributed by atoms with Crippen molar-refractivity contribution in [2.75, 3.05) is 0 Å². The summed E-state index contributed by atoms with van der Waals surface area (Å²) in [5, 5.41) is 13.6. The molecular weight excluding hydrogens is 386 g/mol. The maximum Gasteiger partial charge on any atom is 0.257 e. The topological polar surface area (TPSA) is 40.5 Å². The van der Waals surface area contributed by atoms with Crippen LogP contribution < -0.4 is 0 Å². The Bertz CT molecular complexity index is 892. The molecule has 1 N–H and O–H groups in total. The molecule has 24 heavy (non-hydrogen) atoms. The van der Waals surface area contributed by atoms with E-state index in [9.17, 15) is 9.90 Å². The number of hydrogen-bond donors (Lipinski definition) is 1. The minimum atomic E-state index is -1.46. The molecule has 0 saturated heterocycles. The van der Waals surface area contributed by atoms with Gasteiger partial charge in [-0.2, -0.15) is 0 Å². The zero-order valence-corrected chi connectivity index (χ0v) is 15.0. The molecule has 1 aromatic heterocycles. The number of thiophene rings is 1. The van der Waals surface area contributed by atoms with Crippen LogP contribution in [-0.4, -0.2) is 15.9 Å². The van der Waals surface area contributed by atoms with Gasteiger partial charge in [0, 0.05) is 26.0 Å². The summed E-state index contributed by atoms with van der Waals surface area (Å²) < 4.78 is 0.928. The highest BCUT2D eigenvalue weighted by Crippen LogP contribution is 2.43. The van der Waals surface area contributed by atoms with Crippen LogP contribution in [0.3, 0.4) is 0 Å². The Hall–Kier alpha value is -1.95. The van der Waals surface area contributed by atoms with Gasteiger partial charge in [-0.1, -0.05) is 52.3 Å². The second kappa shape index (κ2) is 5.84. The van der Waals surface area contributed by atoms with E-state index in [-0.39, 0.29) is 5.91 Å². The van der Waals surface area contributed by atoms with Gasteiger partial charge in [-0.05, 0) is 29.6 Å². The monoisotopic (exact) mass is 399 g/mol. The van der Waals surface area contributed by atoms with E-state index >= 15 is 0 Å². The van der Waals surface area contributed by atoms with Crippen LogP contribution in [0.15, 0.2) is 70.5 Å². The lowest BCUT2D eigenvalue weighted by Gasteiger charge is -2.34. The van der Waals surface area contributed by atoms with Gasteiger partial charge in [-0.3, -0.25) is 9.69 Å². The SMILES string of the molecule is O=C1c2ccccc2C(O)(c2ccc(Br)cc2)N1Cc1cccs1. The third kappa shape index (κ3) is 2.32. The number of aliphatic hydroxyl groups is 1. The minimum absolute atomic E-state index is 0.149. The average molecular weight is 400 g/mol. The van der Waals surface area contributed by atoms with E-state index in [2.05, 4.69) is 15.9 Å². The molecule has 120 valence electrons. The molecule has 0 bridgehead atoms. The zero-order chi connectivity index (χ0) is 16.7. The number of fused-ring (bicyclic) bond motifs is 1. The number of hydrogen-bond acceptors (Lipinski definition) is 3. The van der Waals surface area contributed by atoms with Gasteiger partial charge in [0.05, 0.1) is 6.54 Å². The van der Waals surface area contributed by atoms with E-state index in [1.54, 1.807) is 22.3 Å². The molecular formula is C19H14BrNO2S. The number of amides is 1. The standard InChI is InChI=1S/C19H14BrNO2S/c20-14-9-7-13(8-10-14)19(23)17-6-2-1-5-16(17)18(22)21(19)12-15-4-3-11-24-15/h1-11,23H,12H2. The second-order valence-electron chi connectivity index (χ2n) is 5.70. The van der Waals surface area contributed by atoms with Gasteiger partial charge in [0.1, 0.15) is 0 Å². The molecule has 0 spiro atoms. The fraction of sp³-hybridized carbons (Fsp3) is 0.105. The second-order valence-corrected chi connectivity index (χ2v) is 7.64. The quantitative estimate of drug-likeness (QED) is 0.710. The van der Waals surface area contributed by atoms with Crippen molar-refractivity contribution >= 4 is 33.2 Å². The van der Waals surface area contributed by atoms with Crippen LogP contribution >= 0.6 is 27.3 Å². The van der Waals surface area contributed by atoms with Crippen LogP contribution in [0, 0.1) is 0 Å². The summed E-state index contributed by atoms with van der Waals surface area (Å²) in [6, 6.07) is 18.7. The maximum absolute atomic E-state index is 12.9. The highest BCUT2D eigenvalue weighted by molar-refractivity contribution is 9.10. The van der Waals surface area contributed by atoms with Crippen molar-refractivity contribution in [3.8, 4) is 0 Å². The van der Waals surface area contributed by atoms with Crippen molar-refractivity contribution in [1.29, 1.82) is 0 Å². The van der Waals surface area contributed by atoms with E-state index in [0.29, 0.717) is 23.2 Å². The first kappa shape index (κ1) is 15.6. The smallest absolute Gasteiger partial charge is 0.257 e. The Labute approximate surface area is 152 Å². The van der Waals surface area contributed by atoms with Crippen LogP contribution in [0.25, 0.3) is 0 Å². The molecule has 1 aliphatic heterocycles. The Morgan fingerprint density at radius 2 is 1.79 bits per heavy atom. The van der Waals surface area contributed by atoms with E-state index in [0.717, 1.165) is 9.35 Å². The van der Waals surface area contributed by atoms with E-state index in [4.69, 9.17) is 0 Å². The lowest BCUT2D eigenvalue weighted by molar-refractivity contribution is -0.0538. The molecule has 0 fully saturated rings. The summed E-state index contributed by atoms with van der Waals surface area (Å²) >= 11 is 4.99. The maximum atomic E-state index is 12.9. The number of carbonyl (C=O) groups excluding carboxylic acids is 1. The van der Waals surface area contributed by atoms with Crippen molar-refractivity contribution in [2.24, 2.45) is 0 Å². The summed E-state index contributed by atoms with van der Waals surface area (Å²) in [4.78, 5) is 15.5. The lowest BCUT2D eigenvalue weighted by atomic mass is 9.94. The molecule has 0 saturated carbocycles. The largest absolute Gasteiger partial charge is 0.363 e. The van der Waals surface area contributed by atoms with Crippen molar-refractivity contribution in [1.82, 2.24) is 4.90 Å². The molecule has 2 heterocycles. The fourth-order valence-electron chi connectivity index (χ4n) is 3.15. The van der Waals surface area contributed by atoms with Gasteiger partial charge in [0.2, 0.25) is 0 Å². The molecule has 0 radical (unpaired) electrons. The Morgan fingerprint density at radius 1 is 1.04 bits per heavy atom. The minimum Gasteiger partial charge on any atom is -0.363 e. The van der Waals surface area contributed by atoms with E-state index in [1.807, 2.05) is 60.0 Å². The van der Waals surface area contributed by atoms with Gasteiger partial charge >= 0.3 is 0 Å². The van der Waals surface area contributed by atoms with Gasteiger partial charge in [0.15, 0.2) is 5.72 Å². The summed E-state index contributed by atoms with van der Waals surface area (Å²) in [5.41, 5.74) is 0.409. The third-order valence-electron chi connectivity index (χ3n) is 4.31. The predicted molar refractivity (Wildman–Crippen MR) is 97.8 cm³/mol. The fourth-order valence-corrected chi connectivity index (χ4v) is 4.11. The van der Waals surface area contributed by atoms with Crippen molar-refractivity contribution < 1.29 is 9.90 Å². The molecule has 2 aromatic carbocycles. The van der Waals surface area contributed by atoms with Crippen molar-refractivity contribution in [3.63, 3.8) is 0 Å². The normalized spacial score (nSPS) is 19.6. The number of halogens is 1. The first-order valence-corrected chi connectivity index (χ1v) is 9.20. The molecule has 1 unspecified atom stereocenters. The Kier molecular flexibility index (Phi) is 3.79. The van der Waals surface area contributed by atoms with Crippen LogP contribution in [0.2, 0.25) is 0 Å². The molecule has 5 heteroatoms. The van der Waals surface area contributed by atoms with Crippen LogP contribution in [0.1, 0.15) is 26.4 Å². The third-order valence-corrected chi connectivity index (χ3v) is 5.70. The Morgan fingerprint density at radius 3 is 2.50 bits per heavy atom. The molecule has 3 nitrogen and oxygen atoms in total. The summed E-state index contributed by atoms with van der Waals surface area (Å²) in [5.74, 6) is -0.149. The first-order valence-electron chi connectivity index (χ1n) is 7.53. The molecule has 1 aliphatic rings. The highest BCUT2D eigenvalue weighted by Gasteiger charge is 2.49. The van der Waals surface area contributed by atoms with Crippen LogP contribution in [0.4, 0.5) is 0 Å². The van der Waals surface area contributed by atoms with Crippen LogP contribution in [-0.2, 0) is 12.3 Å². The molecule has 0 aliphatic carbocycles. The molecule has 1 amide bonds. The zero-order valence-electron chi connectivity index (χ0n) is 12.6. The van der Waals surface area contributed by atoms with E-state index in [1.165, 1.54) is 0 Å². The lowest BCUT2D eigenvalue weighted by Crippen LogP contribution is -2.44. The summed E-state index contributed by atoms with van der Waals surface area (Å²) in [6.45, 7) is 0.373. The van der Waals surface area contributed by atoms with Crippen molar-refractivity contribution in [2.45, 2.75) is 12.3 Å². The molecule has 1 atom stereocenters. The van der Waals surface area contributed by atoms with Gasteiger partial charge < -0.3 is 5.11 Å². The van der Waals surface area contributed by atoms with E-state index < -0.39 is 5.72 Å². The molecule has 4 rings (SSSR count). The Balaban J connectivity index is 1.88.